The van der Waals surface area contributed by atoms with Crippen LogP contribution in [-0.2, 0) is 0 Å². The molecule has 1 aliphatic carbocycles. The number of hydrogen-bond acceptors (Lipinski definition) is 1. The van der Waals surface area contributed by atoms with E-state index in [1.54, 1.807) is 0 Å². The van der Waals surface area contributed by atoms with Gasteiger partial charge in [0.15, 0.2) is 0 Å². The first-order valence-electron chi connectivity index (χ1n) is 3.37. The lowest BCUT2D eigenvalue weighted by Crippen LogP contribution is -2.32. The molecular weight excluding hydrogens is 98.1 g/mol. The van der Waals surface area contributed by atoms with Gasteiger partial charge in [-0.15, -0.1) is 0 Å². The highest BCUT2D eigenvalue weighted by Crippen LogP contribution is 2.35. The molecular formula is C7H15N. The maximum atomic E-state index is 5.78. The topological polar surface area (TPSA) is 26.0 Å². The van der Waals surface area contributed by atoms with E-state index < -0.39 is 0 Å². The maximum Gasteiger partial charge on any atom is 0.00996 e. The van der Waals surface area contributed by atoms with Crippen LogP contribution in [0.4, 0.5) is 0 Å². The molecule has 8 heavy (non-hydrogen) atoms. The Bertz CT molecular complexity index is 76.9. The summed E-state index contributed by atoms with van der Waals surface area (Å²) in [7, 11) is 0. The lowest BCUT2D eigenvalue weighted by molar-refractivity contribution is 0.446. The normalized spacial score (nSPS) is 21.4. The van der Waals surface area contributed by atoms with Crippen molar-refractivity contribution in [1.82, 2.24) is 0 Å². The number of hydrogen-bond donors (Lipinski definition) is 1. The van der Waals surface area contributed by atoms with Gasteiger partial charge in [0.25, 0.3) is 0 Å². The Hall–Kier alpha value is -0.0400. The minimum atomic E-state index is 0.0845. The molecule has 1 aliphatic rings. The molecule has 48 valence electrons. The van der Waals surface area contributed by atoms with E-state index in [4.69, 9.17) is 5.73 Å². The second kappa shape index (κ2) is 1.73. The molecule has 1 heteroatoms. The second-order valence-corrected chi connectivity index (χ2v) is 3.64. The number of rotatable bonds is 2. The fraction of sp³-hybridized carbons (Fsp3) is 1.00. The molecule has 0 heterocycles. The third kappa shape index (κ3) is 2.31. The molecule has 1 saturated carbocycles. The molecule has 0 saturated heterocycles. The Morgan fingerprint density at radius 3 is 2.12 bits per heavy atom. The molecule has 1 rings (SSSR count). The summed E-state index contributed by atoms with van der Waals surface area (Å²) < 4.78 is 0. The molecule has 0 bridgehead atoms. The minimum Gasteiger partial charge on any atom is -0.326 e. The molecule has 0 amide bonds. The van der Waals surface area contributed by atoms with Gasteiger partial charge in [-0.1, -0.05) is 12.8 Å². The smallest absolute Gasteiger partial charge is 0.00996 e. The molecule has 0 aromatic heterocycles. The van der Waals surface area contributed by atoms with Crippen LogP contribution >= 0.6 is 0 Å². The van der Waals surface area contributed by atoms with Crippen LogP contribution in [0.3, 0.4) is 0 Å². The van der Waals surface area contributed by atoms with Gasteiger partial charge in [-0.25, -0.2) is 0 Å². The highest BCUT2D eigenvalue weighted by atomic mass is 14.7. The van der Waals surface area contributed by atoms with Crippen LogP contribution < -0.4 is 5.73 Å². The molecule has 2 N–H and O–H groups in total. The van der Waals surface area contributed by atoms with E-state index in [0.717, 1.165) is 5.92 Å². The van der Waals surface area contributed by atoms with Crippen molar-refractivity contribution in [1.29, 1.82) is 0 Å². The summed E-state index contributed by atoms with van der Waals surface area (Å²) in [4.78, 5) is 0. The monoisotopic (exact) mass is 113 g/mol. The summed E-state index contributed by atoms with van der Waals surface area (Å²) in [6, 6.07) is 0. The SMILES string of the molecule is CC(C)(N)CC1CC1. The van der Waals surface area contributed by atoms with Crippen molar-refractivity contribution >= 4 is 0 Å². The van der Waals surface area contributed by atoms with Crippen molar-refractivity contribution in [3.05, 3.63) is 0 Å². The minimum absolute atomic E-state index is 0.0845. The average molecular weight is 113 g/mol. The summed E-state index contributed by atoms with van der Waals surface area (Å²) >= 11 is 0. The second-order valence-electron chi connectivity index (χ2n) is 3.64. The zero-order valence-electron chi connectivity index (χ0n) is 5.78. The first-order chi connectivity index (χ1) is 3.58. The zero-order chi connectivity index (χ0) is 6.20. The third-order valence-electron chi connectivity index (χ3n) is 1.51. The fourth-order valence-electron chi connectivity index (χ4n) is 1.07. The van der Waals surface area contributed by atoms with Gasteiger partial charge in [-0.05, 0) is 26.2 Å². The van der Waals surface area contributed by atoms with E-state index in [9.17, 15) is 0 Å². The summed E-state index contributed by atoms with van der Waals surface area (Å²) in [5, 5.41) is 0. The van der Waals surface area contributed by atoms with Crippen LogP contribution in [0, 0.1) is 5.92 Å². The van der Waals surface area contributed by atoms with Gasteiger partial charge < -0.3 is 5.73 Å². The highest BCUT2D eigenvalue weighted by Gasteiger charge is 2.26. The largest absolute Gasteiger partial charge is 0.326 e. The van der Waals surface area contributed by atoms with Gasteiger partial charge >= 0.3 is 0 Å². The van der Waals surface area contributed by atoms with Gasteiger partial charge in [0.05, 0.1) is 0 Å². The summed E-state index contributed by atoms with van der Waals surface area (Å²) in [5.41, 5.74) is 5.86. The highest BCUT2D eigenvalue weighted by molar-refractivity contribution is 4.83. The maximum absolute atomic E-state index is 5.78. The van der Waals surface area contributed by atoms with E-state index in [0.29, 0.717) is 0 Å². The van der Waals surface area contributed by atoms with Crippen LogP contribution in [-0.4, -0.2) is 5.54 Å². The van der Waals surface area contributed by atoms with Crippen LogP contribution in [0.1, 0.15) is 33.1 Å². The van der Waals surface area contributed by atoms with E-state index in [2.05, 4.69) is 13.8 Å². The van der Waals surface area contributed by atoms with Crippen molar-refractivity contribution in [2.75, 3.05) is 0 Å². The number of nitrogens with two attached hydrogens (primary N) is 1. The standard InChI is InChI=1S/C7H15N/c1-7(2,8)5-6-3-4-6/h6H,3-5,8H2,1-2H3. The van der Waals surface area contributed by atoms with E-state index in [-0.39, 0.29) is 5.54 Å². The molecule has 1 nitrogen and oxygen atoms in total. The zero-order valence-corrected chi connectivity index (χ0v) is 5.78. The Kier molecular flexibility index (Phi) is 1.31. The summed E-state index contributed by atoms with van der Waals surface area (Å²) in [6.07, 6.45) is 4.05. The molecule has 0 aliphatic heterocycles. The van der Waals surface area contributed by atoms with Crippen LogP contribution in [0.5, 0.6) is 0 Å². The lowest BCUT2D eigenvalue weighted by atomic mass is 9.99. The molecule has 1 fully saturated rings. The van der Waals surface area contributed by atoms with Crippen molar-refractivity contribution in [3.8, 4) is 0 Å². The fourth-order valence-corrected chi connectivity index (χ4v) is 1.07. The average Bonchev–Trinajstić information content (AvgIpc) is 2.12. The van der Waals surface area contributed by atoms with Gasteiger partial charge in [-0.3, -0.25) is 0 Å². The van der Waals surface area contributed by atoms with Crippen LogP contribution in [0.25, 0.3) is 0 Å². The van der Waals surface area contributed by atoms with Gasteiger partial charge in [0.2, 0.25) is 0 Å². The predicted molar refractivity (Wildman–Crippen MR) is 35.6 cm³/mol. The van der Waals surface area contributed by atoms with Gasteiger partial charge in [0, 0.05) is 5.54 Å². The first kappa shape index (κ1) is 6.09. The van der Waals surface area contributed by atoms with E-state index in [1.165, 1.54) is 19.3 Å². The van der Waals surface area contributed by atoms with Crippen molar-refractivity contribution in [2.24, 2.45) is 11.7 Å². The predicted octanol–water partition coefficient (Wildman–Crippen LogP) is 1.52. The van der Waals surface area contributed by atoms with Gasteiger partial charge in [0.1, 0.15) is 0 Å². The van der Waals surface area contributed by atoms with Gasteiger partial charge in [-0.2, -0.15) is 0 Å². The molecule has 0 radical (unpaired) electrons. The Morgan fingerprint density at radius 1 is 1.50 bits per heavy atom. The quantitative estimate of drug-likeness (QED) is 0.577. The molecule has 0 aromatic carbocycles. The molecule has 0 unspecified atom stereocenters. The van der Waals surface area contributed by atoms with Crippen LogP contribution in [0.2, 0.25) is 0 Å². The Labute approximate surface area is 51.3 Å². The van der Waals surface area contributed by atoms with Crippen molar-refractivity contribution in [2.45, 2.75) is 38.6 Å². The lowest BCUT2D eigenvalue weighted by Gasteiger charge is -2.16. The summed E-state index contributed by atoms with van der Waals surface area (Å²) in [6.45, 7) is 4.20. The van der Waals surface area contributed by atoms with Crippen LogP contribution in [0.15, 0.2) is 0 Å². The first-order valence-corrected chi connectivity index (χ1v) is 3.37. The van der Waals surface area contributed by atoms with E-state index >= 15 is 0 Å². The van der Waals surface area contributed by atoms with E-state index in [1.807, 2.05) is 0 Å². The molecule has 0 aromatic rings. The van der Waals surface area contributed by atoms with Crippen molar-refractivity contribution < 1.29 is 0 Å². The Balaban J connectivity index is 2.16. The summed E-state index contributed by atoms with van der Waals surface area (Å²) in [5.74, 6) is 0.968. The molecule has 0 atom stereocenters. The molecule has 0 spiro atoms. The third-order valence-corrected chi connectivity index (χ3v) is 1.51. The Morgan fingerprint density at radius 2 is 2.00 bits per heavy atom. The van der Waals surface area contributed by atoms with Crippen molar-refractivity contribution in [3.63, 3.8) is 0 Å².